The molecule has 47 heavy (non-hydrogen) atoms. The zero-order valence-corrected chi connectivity index (χ0v) is 25.5. The first-order valence-electron chi connectivity index (χ1n) is 13.4. The minimum Gasteiger partial charge on any atom is -0.478 e. The summed E-state index contributed by atoms with van der Waals surface area (Å²) in [5.41, 5.74) is 2.87. The van der Waals surface area contributed by atoms with Crippen LogP contribution in [0.2, 0.25) is 0 Å². The van der Waals surface area contributed by atoms with Crippen molar-refractivity contribution in [2.45, 2.75) is 5.85 Å². The Kier molecular flexibility index (Phi) is 10.9. The van der Waals surface area contributed by atoms with Crippen molar-refractivity contribution >= 4 is 49.6 Å². The van der Waals surface area contributed by atoms with Crippen molar-refractivity contribution in [3.63, 3.8) is 0 Å². The van der Waals surface area contributed by atoms with Crippen molar-refractivity contribution in [2.24, 2.45) is 0 Å². The number of nitrogens with zero attached hydrogens (tertiary/aromatic N) is 2. The first-order valence-corrected chi connectivity index (χ1v) is 15.0. The van der Waals surface area contributed by atoms with Crippen molar-refractivity contribution < 1.29 is 57.3 Å². The highest BCUT2D eigenvalue weighted by Gasteiger charge is 2.45. The molecule has 0 amide bonds. The summed E-state index contributed by atoms with van der Waals surface area (Å²) in [5, 5.41) is 17.4. The number of ether oxygens (including phenoxy) is 2. The monoisotopic (exact) mass is 660 g/mol. The number of carbonyl (C=O) groups excluding carboxylic acids is 3. The van der Waals surface area contributed by atoms with Gasteiger partial charge in [0.1, 0.15) is 11.5 Å². The minimum atomic E-state index is -3.44. The molecule has 1 atom stereocenters. The van der Waals surface area contributed by atoms with E-state index in [2.05, 4.69) is 9.97 Å². The van der Waals surface area contributed by atoms with E-state index in [0.29, 0.717) is 40.0 Å². The molecule has 0 spiro atoms. The number of esters is 2. The van der Waals surface area contributed by atoms with Gasteiger partial charge in [0.15, 0.2) is 6.29 Å². The Hall–Kier alpha value is -5.82. The van der Waals surface area contributed by atoms with Crippen LogP contribution in [0.5, 0.6) is 0 Å². The number of aromatic nitrogens is 2. The number of aldehydes is 1. The van der Waals surface area contributed by atoms with Crippen LogP contribution in [0.1, 0.15) is 74.6 Å². The van der Waals surface area contributed by atoms with Gasteiger partial charge in [0.25, 0.3) is 0 Å². The van der Waals surface area contributed by atoms with Crippen LogP contribution in [0.25, 0.3) is 11.8 Å². The SMILES string of the molecule is COP(=O)(OC)C1OC(=O)c2ccccc21.O=C(O)c1ccnc(/C=C2\OC(=O)c3ccccc32)c1.O=Cc1cc(C(=O)O)ccn1. The second-order valence-corrected chi connectivity index (χ2v) is 11.6. The van der Waals surface area contributed by atoms with Gasteiger partial charge < -0.3 is 28.7 Å². The molecule has 4 aromatic rings. The van der Waals surface area contributed by atoms with Crippen molar-refractivity contribution in [3.8, 4) is 0 Å². The van der Waals surface area contributed by atoms with Crippen molar-refractivity contribution in [1.82, 2.24) is 9.97 Å². The maximum atomic E-state index is 12.1. The summed E-state index contributed by atoms with van der Waals surface area (Å²) in [6, 6.07) is 19.1. The lowest BCUT2D eigenvalue weighted by Crippen LogP contribution is -2.03. The maximum Gasteiger partial charge on any atom is 0.375 e. The Balaban J connectivity index is 0.000000167. The number of hydrogen-bond donors (Lipinski definition) is 2. The number of hydrogen-bond acceptors (Lipinski definition) is 12. The average molecular weight is 661 g/mol. The normalized spacial score (nSPS) is 15.1. The molecule has 15 heteroatoms. The highest BCUT2D eigenvalue weighted by molar-refractivity contribution is 7.54. The number of rotatable bonds is 7. The van der Waals surface area contributed by atoms with Gasteiger partial charge in [0.05, 0.1) is 27.9 Å². The van der Waals surface area contributed by atoms with Crippen molar-refractivity contribution in [2.75, 3.05) is 14.2 Å². The third-order valence-electron chi connectivity index (χ3n) is 6.53. The van der Waals surface area contributed by atoms with E-state index in [-0.39, 0.29) is 16.8 Å². The highest BCUT2D eigenvalue weighted by Crippen LogP contribution is 2.62. The van der Waals surface area contributed by atoms with Gasteiger partial charge in [-0.2, -0.15) is 0 Å². The zero-order chi connectivity index (χ0) is 34.1. The van der Waals surface area contributed by atoms with Crippen LogP contribution in [0.3, 0.4) is 0 Å². The molecule has 0 aliphatic carbocycles. The molecule has 2 N–H and O–H groups in total. The first kappa shape index (κ1) is 34.1. The molecule has 0 fully saturated rings. The van der Waals surface area contributed by atoms with Gasteiger partial charge in [-0.3, -0.25) is 19.3 Å². The summed E-state index contributed by atoms with van der Waals surface area (Å²) in [6.07, 6.45) is 4.74. The van der Waals surface area contributed by atoms with Gasteiger partial charge in [0, 0.05) is 43.8 Å². The second kappa shape index (κ2) is 15.0. The molecule has 240 valence electrons. The van der Waals surface area contributed by atoms with Crippen LogP contribution < -0.4 is 0 Å². The molecule has 2 aliphatic rings. The van der Waals surface area contributed by atoms with Crippen LogP contribution in [-0.4, -0.2) is 64.6 Å². The fourth-order valence-electron chi connectivity index (χ4n) is 4.26. The second-order valence-electron chi connectivity index (χ2n) is 9.36. The Morgan fingerprint density at radius 1 is 0.787 bits per heavy atom. The lowest BCUT2D eigenvalue weighted by Gasteiger charge is -2.19. The van der Waals surface area contributed by atoms with E-state index in [1.54, 1.807) is 54.6 Å². The molecule has 0 bridgehead atoms. The molecule has 1 unspecified atom stereocenters. The maximum absolute atomic E-state index is 12.1. The molecule has 2 aromatic carbocycles. The van der Waals surface area contributed by atoms with E-state index in [9.17, 15) is 28.5 Å². The van der Waals surface area contributed by atoms with E-state index in [0.717, 1.165) is 0 Å². The van der Waals surface area contributed by atoms with Crippen LogP contribution in [-0.2, 0) is 23.1 Å². The van der Waals surface area contributed by atoms with Gasteiger partial charge in [-0.1, -0.05) is 36.4 Å². The number of benzene rings is 2. The van der Waals surface area contributed by atoms with Gasteiger partial charge in [-0.05, 0) is 36.4 Å². The topological polar surface area (TPSA) is 206 Å². The number of fused-ring (bicyclic) bond motifs is 2. The molecule has 0 radical (unpaired) electrons. The van der Waals surface area contributed by atoms with E-state index < -0.39 is 37.3 Å². The first-order chi connectivity index (χ1) is 22.5. The highest BCUT2D eigenvalue weighted by atomic mass is 31.2. The fourth-order valence-corrected chi connectivity index (χ4v) is 5.58. The number of carboxylic acid groups (broad SMARTS) is 2. The molecular weight excluding hydrogens is 635 g/mol. The molecule has 4 heterocycles. The van der Waals surface area contributed by atoms with Gasteiger partial charge in [-0.15, -0.1) is 0 Å². The number of pyridine rings is 2. The Bertz CT molecular complexity index is 1930. The standard InChI is InChI=1S/C15H9NO4.C10H11O5P.C7H5NO3/c17-14(18)9-5-6-16-10(7-9)8-13-11-3-1-2-4-12(11)15(19)20-13;1-13-16(12,14-2)10-8-6-4-3-5-7(8)9(11)15-10;9-4-6-3-5(7(10)11)1-2-8-6/h1-8H,(H,17,18);3-6,10H,1-2H3;1-4H,(H,10,11)/b13-8-;;. The molecule has 6 rings (SSSR count). The van der Waals surface area contributed by atoms with Crippen LogP contribution in [0.4, 0.5) is 0 Å². The van der Waals surface area contributed by atoms with Crippen LogP contribution in [0, 0.1) is 0 Å². The molecular formula is C32H25N2O12P. The number of aromatic carboxylic acids is 2. The summed E-state index contributed by atoms with van der Waals surface area (Å²) < 4.78 is 32.0. The molecule has 2 aliphatic heterocycles. The summed E-state index contributed by atoms with van der Waals surface area (Å²) in [6.45, 7) is 0. The van der Waals surface area contributed by atoms with E-state index in [1.165, 1.54) is 50.9 Å². The minimum absolute atomic E-state index is 0.0714. The van der Waals surface area contributed by atoms with Crippen LogP contribution in [0.15, 0.2) is 85.2 Å². The molecule has 0 saturated heterocycles. The lowest BCUT2D eigenvalue weighted by molar-refractivity contribution is 0.0456. The third-order valence-corrected chi connectivity index (χ3v) is 8.51. The number of carboxylic acids is 2. The van der Waals surface area contributed by atoms with Gasteiger partial charge in [-0.25, -0.2) is 19.2 Å². The zero-order valence-electron chi connectivity index (χ0n) is 24.6. The van der Waals surface area contributed by atoms with Gasteiger partial charge in [0.2, 0.25) is 5.85 Å². The van der Waals surface area contributed by atoms with Gasteiger partial charge >= 0.3 is 31.5 Å². The quantitative estimate of drug-likeness (QED) is 0.145. The third kappa shape index (κ3) is 7.89. The van der Waals surface area contributed by atoms with E-state index in [4.69, 9.17) is 28.7 Å². The average Bonchev–Trinajstić information content (AvgIpc) is 3.61. The lowest BCUT2D eigenvalue weighted by atomic mass is 10.1. The summed E-state index contributed by atoms with van der Waals surface area (Å²) in [7, 11) is -0.916. The van der Waals surface area contributed by atoms with Crippen molar-refractivity contribution in [3.05, 3.63) is 130 Å². The van der Waals surface area contributed by atoms with Crippen LogP contribution >= 0.6 is 7.60 Å². The predicted octanol–water partition coefficient (Wildman–Crippen LogP) is 5.38. The molecule has 0 saturated carbocycles. The largest absolute Gasteiger partial charge is 0.478 e. The number of carbonyl (C=O) groups is 5. The Morgan fingerprint density at radius 2 is 1.32 bits per heavy atom. The summed E-state index contributed by atoms with van der Waals surface area (Å²) >= 11 is 0. The van der Waals surface area contributed by atoms with E-state index >= 15 is 0 Å². The summed E-state index contributed by atoms with van der Waals surface area (Å²) in [5.74, 6) is -3.60. The van der Waals surface area contributed by atoms with E-state index in [1.807, 2.05) is 0 Å². The smallest absolute Gasteiger partial charge is 0.375 e. The fraction of sp³-hybridized carbons (Fsp3) is 0.0938. The summed E-state index contributed by atoms with van der Waals surface area (Å²) in [4.78, 5) is 62.2. The molecule has 14 nitrogen and oxygen atoms in total. The number of cyclic esters (lactones) is 2. The predicted molar refractivity (Wildman–Crippen MR) is 164 cm³/mol. The Morgan fingerprint density at radius 3 is 1.89 bits per heavy atom. The molecule has 2 aromatic heterocycles. The Labute approximate surface area is 266 Å². The van der Waals surface area contributed by atoms with Crippen molar-refractivity contribution in [1.29, 1.82) is 0 Å².